The van der Waals surface area contributed by atoms with E-state index in [1.165, 1.54) is 257 Å². The van der Waals surface area contributed by atoms with Gasteiger partial charge in [-0.15, -0.1) is 0 Å². The van der Waals surface area contributed by atoms with E-state index in [9.17, 15) is 19.8 Å². The quantitative estimate of drug-likeness (QED) is 0.0321. The predicted octanol–water partition coefficient (Wildman–Crippen LogP) is 18.1. The second-order valence-corrected chi connectivity index (χ2v) is 20.3. The molecule has 0 aliphatic rings. The number of hydrogen-bond acceptors (Lipinski definition) is 5. The third-order valence-corrected chi connectivity index (χ3v) is 13.8. The average molecular weight is 919 g/mol. The van der Waals surface area contributed by atoms with E-state index in [-0.39, 0.29) is 18.5 Å². The van der Waals surface area contributed by atoms with Crippen LogP contribution in [0.3, 0.4) is 0 Å². The van der Waals surface area contributed by atoms with Crippen molar-refractivity contribution in [2.75, 3.05) is 13.2 Å². The van der Waals surface area contributed by atoms with Crippen molar-refractivity contribution in [3.05, 3.63) is 12.2 Å². The molecule has 2 atom stereocenters. The van der Waals surface area contributed by atoms with E-state index in [1.54, 1.807) is 0 Å². The van der Waals surface area contributed by atoms with E-state index >= 15 is 0 Å². The van der Waals surface area contributed by atoms with Gasteiger partial charge in [0.15, 0.2) is 0 Å². The number of rotatable bonds is 55. The number of hydrogen-bond donors (Lipinski definition) is 3. The van der Waals surface area contributed by atoms with E-state index in [0.717, 1.165) is 38.5 Å². The number of nitrogens with one attached hydrogen (secondary N) is 1. The summed E-state index contributed by atoms with van der Waals surface area (Å²) in [5.41, 5.74) is 0. The Morgan fingerprint density at radius 3 is 1.09 bits per heavy atom. The van der Waals surface area contributed by atoms with Crippen molar-refractivity contribution in [3.63, 3.8) is 0 Å². The minimum absolute atomic E-state index is 0.0147. The van der Waals surface area contributed by atoms with Crippen LogP contribution < -0.4 is 5.32 Å². The Labute approximate surface area is 406 Å². The van der Waals surface area contributed by atoms with Crippen molar-refractivity contribution >= 4 is 11.9 Å². The number of ether oxygens (including phenoxy) is 1. The Morgan fingerprint density at radius 1 is 0.415 bits per heavy atom. The summed E-state index contributed by atoms with van der Waals surface area (Å²) in [7, 11) is 0. The highest BCUT2D eigenvalue weighted by molar-refractivity contribution is 5.76. The summed E-state index contributed by atoms with van der Waals surface area (Å²) in [4.78, 5) is 24.5. The highest BCUT2D eigenvalue weighted by Gasteiger charge is 2.20. The number of carbonyl (C=O) groups excluding carboxylic acids is 2. The van der Waals surface area contributed by atoms with E-state index in [0.29, 0.717) is 25.9 Å². The fraction of sp³-hybridized carbons (Fsp3) is 0.932. The monoisotopic (exact) mass is 918 g/mol. The molecule has 0 bridgehead atoms. The van der Waals surface area contributed by atoms with Crippen molar-refractivity contribution in [3.8, 4) is 0 Å². The third kappa shape index (κ3) is 51.8. The van der Waals surface area contributed by atoms with Gasteiger partial charge in [-0.2, -0.15) is 0 Å². The molecule has 1 amide bonds. The maximum absolute atomic E-state index is 12.4. The van der Waals surface area contributed by atoms with Crippen LogP contribution in [0.1, 0.15) is 328 Å². The molecular weight excluding hydrogens is 803 g/mol. The van der Waals surface area contributed by atoms with Gasteiger partial charge in [0.05, 0.1) is 25.4 Å². The first-order valence-corrected chi connectivity index (χ1v) is 29.4. The SMILES string of the molecule is CCCCCCCCCCCCCCCCCC(=O)OCCCCCCCCCCCCCC/C=C\CCCCCCCCCC(=O)NC(CO)C(O)CCCCCCCCCCCC. The lowest BCUT2D eigenvalue weighted by atomic mass is 10.0. The first-order chi connectivity index (χ1) is 32.0. The lowest BCUT2D eigenvalue weighted by molar-refractivity contribution is -0.143. The van der Waals surface area contributed by atoms with Gasteiger partial charge in [0.2, 0.25) is 5.91 Å². The van der Waals surface area contributed by atoms with Crippen LogP contribution in [0.4, 0.5) is 0 Å². The maximum Gasteiger partial charge on any atom is 0.305 e. The lowest BCUT2D eigenvalue weighted by Gasteiger charge is -2.22. The molecule has 0 aromatic carbocycles. The molecule has 0 saturated heterocycles. The molecule has 2 unspecified atom stereocenters. The van der Waals surface area contributed by atoms with Gasteiger partial charge in [0.25, 0.3) is 0 Å². The van der Waals surface area contributed by atoms with Gasteiger partial charge in [0, 0.05) is 12.8 Å². The number of esters is 1. The van der Waals surface area contributed by atoms with Gasteiger partial charge < -0.3 is 20.3 Å². The summed E-state index contributed by atoms with van der Waals surface area (Å²) in [6.07, 6.45) is 65.0. The highest BCUT2D eigenvalue weighted by Crippen LogP contribution is 2.17. The molecule has 3 N–H and O–H groups in total. The second-order valence-electron chi connectivity index (χ2n) is 20.3. The van der Waals surface area contributed by atoms with Gasteiger partial charge >= 0.3 is 5.97 Å². The fourth-order valence-corrected chi connectivity index (χ4v) is 9.28. The maximum atomic E-state index is 12.4. The number of unbranched alkanes of at least 4 members (excludes halogenated alkanes) is 42. The first-order valence-electron chi connectivity index (χ1n) is 29.4. The molecule has 0 aliphatic heterocycles. The van der Waals surface area contributed by atoms with E-state index < -0.39 is 12.1 Å². The van der Waals surface area contributed by atoms with E-state index in [2.05, 4.69) is 31.3 Å². The Hall–Kier alpha value is -1.40. The number of carbonyl (C=O) groups is 2. The average Bonchev–Trinajstić information content (AvgIpc) is 3.31. The topological polar surface area (TPSA) is 95.9 Å². The van der Waals surface area contributed by atoms with Crippen LogP contribution in [0.25, 0.3) is 0 Å². The minimum Gasteiger partial charge on any atom is -0.466 e. The molecule has 0 saturated carbocycles. The molecule has 0 heterocycles. The number of aliphatic hydroxyl groups excluding tert-OH is 2. The molecule has 0 aliphatic carbocycles. The molecule has 0 radical (unpaired) electrons. The Kier molecular flexibility index (Phi) is 54.0. The molecule has 0 rings (SSSR count). The summed E-state index contributed by atoms with van der Waals surface area (Å²) in [5, 5.41) is 23.1. The summed E-state index contributed by atoms with van der Waals surface area (Å²) in [6, 6.07) is -0.543. The van der Waals surface area contributed by atoms with Crippen LogP contribution >= 0.6 is 0 Å². The Balaban J connectivity index is 3.37. The summed E-state index contributed by atoms with van der Waals surface area (Å²) in [5.74, 6) is -0.0272. The van der Waals surface area contributed by atoms with Crippen LogP contribution in [0.2, 0.25) is 0 Å². The summed E-state index contributed by atoms with van der Waals surface area (Å²) >= 11 is 0. The summed E-state index contributed by atoms with van der Waals surface area (Å²) in [6.45, 7) is 4.95. The molecule has 6 nitrogen and oxygen atoms in total. The first kappa shape index (κ1) is 63.6. The van der Waals surface area contributed by atoms with E-state index in [4.69, 9.17) is 4.74 Å². The van der Waals surface area contributed by atoms with Gasteiger partial charge in [-0.05, 0) is 51.4 Å². The van der Waals surface area contributed by atoms with Crippen molar-refractivity contribution < 1.29 is 24.5 Å². The van der Waals surface area contributed by atoms with Gasteiger partial charge in [-0.25, -0.2) is 0 Å². The molecule has 0 aromatic heterocycles. The molecule has 0 spiro atoms. The zero-order valence-corrected chi connectivity index (χ0v) is 44.0. The summed E-state index contributed by atoms with van der Waals surface area (Å²) < 4.78 is 5.49. The molecule has 0 aromatic rings. The molecule has 6 heteroatoms. The standard InChI is InChI=1S/C59H115NO5/c1-3-5-7-9-11-13-15-16-26-30-33-37-41-45-49-53-59(64)65-54-50-46-42-38-34-31-28-25-23-21-19-17-18-20-22-24-27-29-32-36-40-44-48-52-58(63)60-56(55-61)57(62)51-47-43-39-35-14-12-10-8-6-4-2/h20,22,56-57,61-62H,3-19,21,23-55H2,1-2H3,(H,60,63)/b22-20-. The number of aliphatic hydroxyl groups is 2. The zero-order valence-electron chi connectivity index (χ0n) is 44.0. The van der Waals surface area contributed by atoms with Gasteiger partial charge in [-0.1, -0.05) is 276 Å². The second kappa shape index (κ2) is 55.2. The smallest absolute Gasteiger partial charge is 0.305 e. The van der Waals surface area contributed by atoms with Crippen molar-refractivity contribution in [1.29, 1.82) is 0 Å². The Bertz CT molecular complexity index is 970. The van der Waals surface area contributed by atoms with Crippen LogP contribution in [-0.4, -0.2) is 47.4 Å². The Morgan fingerprint density at radius 2 is 0.723 bits per heavy atom. The molecule has 386 valence electrons. The largest absolute Gasteiger partial charge is 0.466 e. The zero-order chi connectivity index (χ0) is 47.2. The molecular formula is C59H115NO5. The minimum atomic E-state index is -0.665. The van der Waals surface area contributed by atoms with E-state index in [1.807, 2.05) is 0 Å². The van der Waals surface area contributed by atoms with Crippen molar-refractivity contribution in [2.45, 2.75) is 341 Å². The molecule has 0 fully saturated rings. The predicted molar refractivity (Wildman–Crippen MR) is 283 cm³/mol. The van der Waals surface area contributed by atoms with Crippen molar-refractivity contribution in [1.82, 2.24) is 5.32 Å². The number of allylic oxidation sites excluding steroid dienone is 2. The van der Waals surface area contributed by atoms with Crippen LogP contribution in [0.5, 0.6) is 0 Å². The lowest BCUT2D eigenvalue weighted by Crippen LogP contribution is -2.45. The van der Waals surface area contributed by atoms with Crippen LogP contribution in [0, 0.1) is 0 Å². The third-order valence-electron chi connectivity index (χ3n) is 13.8. The fourth-order valence-electron chi connectivity index (χ4n) is 9.28. The number of amides is 1. The van der Waals surface area contributed by atoms with Crippen LogP contribution in [-0.2, 0) is 14.3 Å². The van der Waals surface area contributed by atoms with Gasteiger partial charge in [-0.3, -0.25) is 9.59 Å². The van der Waals surface area contributed by atoms with Gasteiger partial charge in [0.1, 0.15) is 0 Å². The van der Waals surface area contributed by atoms with Crippen molar-refractivity contribution in [2.24, 2.45) is 0 Å². The normalized spacial score (nSPS) is 12.6. The van der Waals surface area contributed by atoms with Crippen LogP contribution in [0.15, 0.2) is 12.2 Å². The molecule has 65 heavy (non-hydrogen) atoms. The highest BCUT2D eigenvalue weighted by atomic mass is 16.5.